The first kappa shape index (κ1) is 15.8. The Kier molecular flexibility index (Phi) is 6.30. The standard InChI is InChI=1S/C16H31N3O/c1-14(16(20)19-10-4-3-5-11-19)17-9-6-15-7-12-18(2)13-8-15/h14-15,17H,3-13H2,1-2H3. The van der Waals surface area contributed by atoms with E-state index < -0.39 is 0 Å². The summed E-state index contributed by atoms with van der Waals surface area (Å²) in [5, 5.41) is 3.43. The highest BCUT2D eigenvalue weighted by molar-refractivity contribution is 5.81. The fraction of sp³-hybridized carbons (Fsp3) is 0.938. The summed E-state index contributed by atoms with van der Waals surface area (Å²) in [4.78, 5) is 16.7. The van der Waals surface area contributed by atoms with Gasteiger partial charge in [0.2, 0.25) is 5.91 Å². The maximum Gasteiger partial charge on any atom is 0.239 e. The van der Waals surface area contributed by atoms with Gasteiger partial charge in [-0.25, -0.2) is 0 Å². The van der Waals surface area contributed by atoms with Crippen LogP contribution in [0.15, 0.2) is 0 Å². The Balaban J connectivity index is 1.61. The van der Waals surface area contributed by atoms with Crippen LogP contribution in [-0.4, -0.2) is 61.5 Å². The van der Waals surface area contributed by atoms with Crippen LogP contribution in [0.2, 0.25) is 0 Å². The molecule has 2 aliphatic heterocycles. The predicted octanol–water partition coefficient (Wildman–Crippen LogP) is 1.71. The summed E-state index contributed by atoms with van der Waals surface area (Å²) in [6, 6.07) is -0.0145. The molecule has 2 heterocycles. The van der Waals surface area contributed by atoms with Gasteiger partial charge in [0.15, 0.2) is 0 Å². The first-order valence-corrected chi connectivity index (χ1v) is 8.37. The molecule has 1 amide bonds. The minimum absolute atomic E-state index is 0.0145. The molecule has 1 unspecified atom stereocenters. The van der Waals surface area contributed by atoms with Gasteiger partial charge >= 0.3 is 0 Å². The molecular weight excluding hydrogens is 250 g/mol. The second-order valence-corrected chi connectivity index (χ2v) is 6.60. The molecule has 20 heavy (non-hydrogen) atoms. The van der Waals surface area contributed by atoms with Gasteiger partial charge in [0, 0.05) is 13.1 Å². The Labute approximate surface area is 123 Å². The van der Waals surface area contributed by atoms with Gasteiger partial charge in [-0.2, -0.15) is 0 Å². The molecule has 0 spiro atoms. The molecule has 0 bridgehead atoms. The van der Waals surface area contributed by atoms with Crippen LogP contribution in [0.4, 0.5) is 0 Å². The van der Waals surface area contributed by atoms with Gasteiger partial charge in [0.25, 0.3) is 0 Å². The van der Waals surface area contributed by atoms with Gasteiger partial charge in [-0.15, -0.1) is 0 Å². The van der Waals surface area contributed by atoms with Crippen molar-refractivity contribution in [2.24, 2.45) is 5.92 Å². The molecular formula is C16H31N3O. The van der Waals surface area contributed by atoms with E-state index in [1.807, 2.05) is 11.8 Å². The van der Waals surface area contributed by atoms with E-state index in [4.69, 9.17) is 0 Å². The lowest BCUT2D eigenvalue weighted by molar-refractivity contribution is -0.133. The first-order valence-electron chi connectivity index (χ1n) is 8.37. The molecule has 2 fully saturated rings. The van der Waals surface area contributed by atoms with Crippen molar-refractivity contribution in [1.82, 2.24) is 15.1 Å². The highest BCUT2D eigenvalue weighted by Crippen LogP contribution is 2.18. The lowest BCUT2D eigenvalue weighted by Gasteiger charge is -2.31. The Hall–Kier alpha value is -0.610. The zero-order valence-corrected chi connectivity index (χ0v) is 13.2. The van der Waals surface area contributed by atoms with Crippen LogP contribution in [-0.2, 0) is 4.79 Å². The molecule has 0 aromatic rings. The number of nitrogens with zero attached hydrogens (tertiary/aromatic N) is 2. The Morgan fingerprint density at radius 1 is 1.15 bits per heavy atom. The summed E-state index contributed by atoms with van der Waals surface area (Å²) in [6.07, 6.45) is 7.47. The van der Waals surface area contributed by atoms with Gasteiger partial charge < -0.3 is 15.1 Å². The SMILES string of the molecule is CC(NCCC1CCN(C)CC1)C(=O)N1CCCCC1. The topological polar surface area (TPSA) is 35.6 Å². The van der Waals surface area contributed by atoms with Crippen molar-refractivity contribution in [2.75, 3.05) is 39.8 Å². The van der Waals surface area contributed by atoms with Crippen LogP contribution in [0.3, 0.4) is 0 Å². The molecule has 4 heteroatoms. The summed E-state index contributed by atoms with van der Waals surface area (Å²) in [5.74, 6) is 1.14. The van der Waals surface area contributed by atoms with E-state index in [1.165, 1.54) is 51.6 Å². The summed E-state index contributed by atoms with van der Waals surface area (Å²) in [6.45, 7) is 7.38. The van der Waals surface area contributed by atoms with E-state index in [1.54, 1.807) is 0 Å². The zero-order chi connectivity index (χ0) is 14.4. The second kappa shape index (κ2) is 7.99. The van der Waals surface area contributed by atoms with Crippen molar-refractivity contribution in [3.63, 3.8) is 0 Å². The molecule has 1 N–H and O–H groups in total. The highest BCUT2D eigenvalue weighted by atomic mass is 16.2. The monoisotopic (exact) mass is 281 g/mol. The minimum atomic E-state index is -0.0145. The molecule has 2 saturated heterocycles. The number of piperidine rings is 2. The molecule has 4 nitrogen and oxygen atoms in total. The molecule has 116 valence electrons. The maximum absolute atomic E-state index is 12.3. The quantitative estimate of drug-likeness (QED) is 0.833. The van der Waals surface area contributed by atoms with E-state index >= 15 is 0 Å². The summed E-state index contributed by atoms with van der Waals surface area (Å²) in [7, 11) is 2.20. The van der Waals surface area contributed by atoms with Crippen molar-refractivity contribution in [2.45, 2.75) is 51.5 Å². The van der Waals surface area contributed by atoms with Crippen LogP contribution in [0.25, 0.3) is 0 Å². The number of hydrogen-bond donors (Lipinski definition) is 1. The fourth-order valence-electron chi connectivity index (χ4n) is 3.33. The highest BCUT2D eigenvalue weighted by Gasteiger charge is 2.22. The summed E-state index contributed by atoms with van der Waals surface area (Å²) < 4.78 is 0. The van der Waals surface area contributed by atoms with Crippen LogP contribution in [0.5, 0.6) is 0 Å². The number of rotatable bonds is 5. The van der Waals surface area contributed by atoms with Crippen LogP contribution >= 0.6 is 0 Å². The minimum Gasteiger partial charge on any atom is -0.341 e. The van der Waals surface area contributed by atoms with Crippen molar-refractivity contribution < 1.29 is 4.79 Å². The zero-order valence-electron chi connectivity index (χ0n) is 13.2. The van der Waals surface area contributed by atoms with Gasteiger partial charge in [0.1, 0.15) is 0 Å². The molecule has 0 radical (unpaired) electrons. The van der Waals surface area contributed by atoms with E-state index in [0.29, 0.717) is 5.91 Å². The smallest absolute Gasteiger partial charge is 0.239 e. The van der Waals surface area contributed by atoms with Crippen molar-refractivity contribution in [3.8, 4) is 0 Å². The fourth-order valence-corrected chi connectivity index (χ4v) is 3.33. The van der Waals surface area contributed by atoms with E-state index in [2.05, 4.69) is 17.3 Å². The second-order valence-electron chi connectivity index (χ2n) is 6.60. The van der Waals surface area contributed by atoms with Crippen LogP contribution in [0, 0.1) is 5.92 Å². The average Bonchev–Trinajstić information content (AvgIpc) is 2.49. The predicted molar refractivity (Wildman–Crippen MR) is 82.7 cm³/mol. The number of carbonyl (C=O) groups is 1. The molecule has 0 aliphatic carbocycles. The third-order valence-corrected chi connectivity index (χ3v) is 4.88. The van der Waals surface area contributed by atoms with E-state index in [-0.39, 0.29) is 6.04 Å². The first-order chi connectivity index (χ1) is 9.66. The van der Waals surface area contributed by atoms with Crippen LogP contribution in [0.1, 0.15) is 45.4 Å². The average molecular weight is 281 g/mol. The third-order valence-electron chi connectivity index (χ3n) is 4.88. The Bertz CT molecular complexity index is 294. The largest absolute Gasteiger partial charge is 0.341 e. The molecule has 2 aliphatic rings. The Morgan fingerprint density at radius 2 is 1.80 bits per heavy atom. The van der Waals surface area contributed by atoms with Gasteiger partial charge in [-0.3, -0.25) is 4.79 Å². The number of likely N-dealkylation sites (tertiary alicyclic amines) is 2. The number of nitrogens with one attached hydrogen (secondary N) is 1. The van der Waals surface area contributed by atoms with Gasteiger partial charge in [0.05, 0.1) is 6.04 Å². The van der Waals surface area contributed by atoms with E-state index in [9.17, 15) is 4.79 Å². The number of carbonyl (C=O) groups excluding carboxylic acids is 1. The van der Waals surface area contributed by atoms with Gasteiger partial charge in [-0.1, -0.05) is 0 Å². The third kappa shape index (κ3) is 4.74. The van der Waals surface area contributed by atoms with Crippen molar-refractivity contribution in [1.29, 1.82) is 0 Å². The lowest BCUT2D eigenvalue weighted by Crippen LogP contribution is -2.47. The molecule has 0 aromatic heterocycles. The van der Waals surface area contributed by atoms with Crippen molar-refractivity contribution >= 4 is 5.91 Å². The summed E-state index contributed by atoms with van der Waals surface area (Å²) in [5.41, 5.74) is 0. The van der Waals surface area contributed by atoms with Crippen molar-refractivity contribution in [3.05, 3.63) is 0 Å². The molecule has 1 atom stereocenters. The number of hydrogen-bond acceptors (Lipinski definition) is 3. The van der Waals surface area contributed by atoms with Gasteiger partial charge in [-0.05, 0) is 78.0 Å². The molecule has 0 saturated carbocycles. The van der Waals surface area contributed by atoms with E-state index in [0.717, 1.165) is 25.6 Å². The normalized spacial score (nSPS) is 23.8. The molecule has 2 rings (SSSR count). The molecule has 0 aromatic carbocycles. The maximum atomic E-state index is 12.3. The number of amides is 1. The lowest BCUT2D eigenvalue weighted by atomic mass is 9.94. The summed E-state index contributed by atoms with van der Waals surface area (Å²) >= 11 is 0. The Morgan fingerprint density at radius 3 is 2.45 bits per heavy atom. The van der Waals surface area contributed by atoms with Crippen LogP contribution < -0.4 is 5.32 Å².